The summed E-state index contributed by atoms with van der Waals surface area (Å²) in [6.07, 6.45) is -4.42. The summed E-state index contributed by atoms with van der Waals surface area (Å²) in [6, 6.07) is 11.6. The first-order valence-electron chi connectivity index (χ1n) is 15.0. The molecule has 0 radical (unpaired) electrons. The van der Waals surface area contributed by atoms with Crippen LogP contribution < -0.4 is 30.0 Å². The molecule has 0 unspecified atom stereocenters. The molecule has 4 N–H and O–H groups in total. The molecule has 0 saturated carbocycles. The van der Waals surface area contributed by atoms with Crippen LogP contribution in [-0.2, 0) is 16.8 Å². The van der Waals surface area contributed by atoms with Crippen molar-refractivity contribution in [2.24, 2.45) is 5.73 Å². The van der Waals surface area contributed by atoms with Gasteiger partial charge in [0.25, 0.3) is 5.91 Å². The smallest absolute Gasteiger partial charge is 0.494 e. The zero-order valence-corrected chi connectivity index (χ0v) is 27.4. The third kappa shape index (κ3) is 6.44. The van der Waals surface area contributed by atoms with Gasteiger partial charge in [-0.2, -0.15) is 0 Å². The first kappa shape index (κ1) is 34.3. The fourth-order valence-electron chi connectivity index (χ4n) is 5.56. The minimum Gasteiger partial charge on any atom is -0.494 e. The molecule has 1 aliphatic rings. The molecule has 50 heavy (non-hydrogen) atoms. The van der Waals surface area contributed by atoms with Crippen molar-refractivity contribution in [3.8, 4) is 34.3 Å². The molecule has 3 heterocycles. The topological polar surface area (TPSA) is 168 Å². The lowest BCUT2D eigenvalue weighted by Crippen LogP contribution is -2.42. The van der Waals surface area contributed by atoms with Crippen LogP contribution in [0.25, 0.3) is 22.4 Å². The Morgan fingerprint density at radius 2 is 1.90 bits per heavy atom. The third-order valence-corrected chi connectivity index (χ3v) is 8.12. The number of halogens is 4. The van der Waals surface area contributed by atoms with Crippen molar-refractivity contribution in [3.05, 3.63) is 93.7 Å². The number of amides is 2. The summed E-state index contributed by atoms with van der Waals surface area (Å²) in [5.74, 6) is -2.42. The molecule has 260 valence electrons. The Balaban J connectivity index is 1.50. The van der Waals surface area contributed by atoms with Crippen LogP contribution in [-0.4, -0.2) is 53.4 Å². The lowest BCUT2D eigenvalue weighted by atomic mass is 9.87. The number of nitrogens with one attached hydrogen (secondary N) is 1. The summed E-state index contributed by atoms with van der Waals surface area (Å²) in [4.78, 5) is 34.7. The second-order valence-corrected chi connectivity index (χ2v) is 11.5. The normalized spacial score (nSPS) is 14.3. The van der Waals surface area contributed by atoms with Gasteiger partial charge in [0, 0.05) is 23.6 Å². The number of methoxy groups -OCH3 is 1. The van der Waals surface area contributed by atoms with Gasteiger partial charge in [-0.25, -0.2) is 14.4 Å². The van der Waals surface area contributed by atoms with E-state index in [1.54, 1.807) is 13.8 Å². The van der Waals surface area contributed by atoms with Crippen LogP contribution in [0, 0.1) is 12.7 Å². The number of aryl methyl sites for hydroxylation is 1. The van der Waals surface area contributed by atoms with Crippen molar-refractivity contribution in [1.82, 2.24) is 15.3 Å². The van der Waals surface area contributed by atoms with Gasteiger partial charge in [-0.1, -0.05) is 23.7 Å². The monoisotopic (exact) mass is 712 g/mol. The van der Waals surface area contributed by atoms with Gasteiger partial charge in [0.1, 0.15) is 28.6 Å². The molecule has 0 spiro atoms. The predicted octanol–water partition coefficient (Wildman–Crippen LogP) is 5.41. The van der Waals surface area contributed by atoms with E-state index in [0.29, 0.717) is 11.4 Å². The summed E-state index contributed by atoms with van der Waals surface area (Å²) in [5, 5.41) is 14.8. The Bertz CT molecular complexity index is 2160. The molecule has 2 aromatic heterocycles. The Morgan fingerprint density at radius 1 is 1.12 bits per heavy atom. The van der Waals surface area contributed by atoms with Crippen molar-refractivity contribution in [2.45, 2.75) is 32.2 Å². The summed E-state index contributed by atoms with van der Waals surface area (Å²) < 4.78 is 68.6. The van der Waals surface area contributed by atoms with Gasteiger partial charge in [0.05, 0.1) is 37.4 Å². The van der Waals surface area contributed by atoms with Crippen LogP contribution in [0.2, 0.25) is 5.02 Å². The Labute approximate surface area is 286 Å². The number of rotatable bonds is 11. The van der Waals surface area contributed by atoms with Crippen molar-refractivity contribution in [1.29, 1.82) is 0 Å². The van der Waals surface area contributed by atoms with E-state index in [4.69, 9.17) is 31.2 Å². The summed E-state index contributed by atoms with van der Waals surface area (Å²) in [7, 11) is 1.40. The number of pyridine rings is 1. The van der Waals surface area contributed by atoms with E-state index in [-0.39, 0.29) is 68.1 Å². The summed E-state index contributed by atoms with van der Waals surface area (Å²) in [6.45, 7) is 2.75. The molecule has 3 aromatic carbocycles. The molecule has 0 fully saturated rings. The number of nitrogens with two attached hydrogens (primary N) is 1. The summed E-state index contributed by atoms with van der Waals surface area (Å²) in [5.41, 5.74) is 3.80. The molecule has 12 nitrogen and oxygen atoms in total. The van der Waals surface area contributed by atoms with Crippen LogP contribution in [0.5, 0.6) is 23.0 Å². The highest BCUT2D eigenvalue weighted by atomic mass is 35.5. The number of hydrogen-bond acceptors (Lipinski definition) is 10. The first-order valence-corrected chi connectivity index (χ1v) is 15.4. The maximum atomic E-state index is 14.7. The first-order chi connectivity index (χ1) is 23.7. The number of benzene rings is 3. The fraction of sp³-hybridized carbons (Fsp3) is 0.235. The molecule has 0 saturated heterocycles. The quantitative estimate of drug-likeness (QED) is 0.161. The maximum absolute atomic E-state index is 14.7. The molecule has 2 amide bonds. The minimum atomic E-state index is -3.99. The standard InChI is InChI=1S/C34H28ClF3N4O8/c1-4-47-30-17(13-26(39)43)12-25(42-28(30)21-8-9-22-31(27(21)35)50-34(37,38)49-22)33(45,19-6-5-7-20(36)14-19)15-40-32(44)18-10-23(46-3)29-24(11-18)48-16(2)41-29/h5-12,14,45H,4,13,15H2,1-3H3,(H2,39,43)(H,40,44)/t33-/m1/s1. The molecule has 0 bridgehead atoms. The van der Waals surface area contributed by atoms with Gasteiger partial charge in [-0.15, -0.1) is 8.78 Å². The van der Waals surface area contributed by atoms with Crippen LogP contribution in [0.1, 0.15) is 40.0 Å². The molecule has 0 aliphatic carbocycles. The van der Waals surface area contributed by atoms with Crippen LogP contribution >= 0.6 is 11.6 Å². The molecule has 1 aliphatic heterocycles. The number of ether oxygens (including phenoxy) is 4. The number of primary amides is 1. The number of oxazole rings is 1. The number of carbonyl (C=O) groups is 2. The van der Waals surface area contributed by atoms with E-state index in [1.165, 1.54) is 49.6 Å². The zero-order valence-electron chi connectivity index (χ0n) is 26.6. The predicted molar refractivity (Wildman–Crippen MR) is 172 cm³/mol. The second kappa shape index (κ2) is 13.1. The molecular weight excluding hydrogens is 685 g/mol. The van der Waals surface area contributed by atoms with Gasteiger partial charge in [-0.3, -0.25) is 9.59 Å². The van der Waals surface area contributed by atoms with E-state index in [0.717, 1.165) is 12.1 Å². The van der Waals surface area contributed by atoms with Gasteiger partial charge < -0.3 is 39.5 Å². The van der Waals surface area contributed by atoms with E-state index in [9.17, 15) is 27.9 Å². The van der Waals surface area contributed by atoms with Crippen molar-refractivity contribution < 1.29 is 51.2 Å². The van der Waals surface area contributed by atoms with Gasteiger partial charge in [-0.05, 0) is 55.0 Å². The Morgan fingerprint density at radius 3 is 2.60 bits per heavy atom. The number of nitrogens with zero attached hydrogens (tertiary/aromatic N) is 2. The van der Waals surface area contributed by atoms with Crippen LogP contribution in [0.3, 0.4) is 0 Å². The maximum Gasteiger partial charge on any atom is 0.586 e. The summed E-state index contributed by atoms with van der Waals surface area (Å²) >= 11 is 6.57. The Hall–Kier alpha value is -5.54. The molecule has 5 aromatic rings. The van der Waals surface area contributed by atoms with E-state index < -0.39 is 48.2 Å². The van der Waals surface area contributed by atoms with Gasteiger partial charge >= 0.3 is 6.29 Å². The lowest BCUT2D eigenvalue weighted by molar-refractivity contribution is -0.286. The highest BCUT2D eigenvalue weighted by Crippen LogP contribution is 2.51. The molecule has 6 rings (SSSR count). The third-order valence-electron chi connectivity index (χ3n) is 7.75. The zero-order chi connectivity index (χ0) is 36.0. The molecular formula is C34H28ClF3N4O8. The van der Waals surface area contributed by atoms with E-state index in [1.807, 2.05) is 0 Å². The number of carbonyl (C=O) groups excluding carboxylic acids is 2. The average Bonchev–Trinajstić information content (AvgIpc) is 3.61. The largest absolute Gasteiger partial charge is 0.586 e. The second-order valence-electron chi connectivity index (χ2n) is 11.2. The van der Waals surface area contributed by atoms with Gasteiger partial charge in [0.15, 0.2) is 28.5 Å². The van der Waals surface area contributed by atoms with E-state index >= 15 is 0 Å². The number of aliphatic hydroxyl groups is 1. The highest BCUT2D eigenvalue weighted by molar-refractivity contribution is 6.35. The Kier molecular flexibility index (Phi) is 8.97. The number of hydrogen-bond donors (Lipinski definition) is 3. The SMILES string of the molecule is CCOc1c(CC(N)=O)cc([C@@](O)(CNC(=O)c2cc(OC)c3nc(C)oc3c2)c2cccc(F)c2)nc1-c1ccc2c(c1Cl)OC(F)(F)O2. The highest BCUT2D eigenvalue weighted by Gasteiger charge is 2.45. The van der Waals surface area contributed by atoms with Crippen LogP contribution in [0.4, 0.5) is 13.2 Å². The van der Waals surface area contributed by atoms with Crippen molar-refractivity contribution in [2.75, 3.05) is 20.3 Å². The van der Waals surface area contributed by atoms with Gasteiger partial charge in [0.2, 0.25) is 5.91 Å². The van der Waals surface area contributed by atoms with E-state index in [2.05, 4.69) is 24.8 Å². The van der Waals surface area contributed by atoms with Crippen molar-refractivity contribution >= 4 is 34.5 Å². The van der Waals surface area contributed by atoms with Crippen molar-refractivity contribution in [3.63, 3.8) is 0 Å². The molecule has 1 atom stereocenters. The lowest BCUT2D eigenvalue weighted by Gasteiger charge is -2.30. The fourth-order valence-corrected chi connectivity index (χ4v) is 5.85. The average molecular weight is 713 g/mol. The molecule has 16 heteroatoms. The number of alkyl halides is 2. The number of fused-ring (bicyclic) bond motifs is 2. The van der Waals surface area contributed by atoms with Crippen LogP contribution in [0.15, 0.2) is 59.0 Å². The minimum absolute atomic E-state index is 0.00360. The number of aromatic nitrogens is 2.